The zero-order valence-corrected chi connectivity index (χ0v) is 19.0. The second kappa shape index (κ2) is 9.61. The third-order valence-corrected chi connectivity index (χ3v) is 6.63. The highest BCUT2D eigenvalue weighted by molar-refractivity contribution is 5.94. The smallest absolute Gasteiger partial charge is 0.407 e. The number of hydrogen-bond donors (Lipinski definition) is 2. The van der Waals surface area contributed by atoms with Gasteiger partial charge in [-0.25, -0.2) is 9.78 Å². The Morgan fingerprint density at radius 2 is 1.77 bits per heavy atom. The minimum Gasteiger partial charge on any atom is -0.481 e. The van der Waals surface area contributed by atoms with Gasteiger partial charge in [-0.2, -0.15) is 0 Å². The van der Waals surface area contributed by atoms with Crippen LogP contribution in [0.5, 0.6) is 0 Å². The summed E-state index contributed by atoms with van der Waals surface area (Å²) in [5, 5.41) is 11.7. The first kappa shape index (κ1) is 22.6. The number of fused-ring (bicyclic) bond motifs is 3. The van der Waals surface area contributed by atoms with Crippen LogP contribution in [0.2, 0.25) is 0 Å². The molecular weight excluding hydrogens is 450 g/mol. The van der Waals surface area contributed by atoms with Gasteiger partial charge in [0.15, 0.2) is 17.8 Å². The predicted molar refractivity (Wildman–Crippen MR) is 125 cm³/mol. The Labute approximate surface area is 201 Å². The van der Waals surface area contributed by atoms with E-state index in [1.807, 2.05) is 36.4 Å². The number of rotatable bonds is 7. The number of carbonyl (C=O) groups is 3. The summed E-state index contributed by atoms with van der Waals surface area (Å²) in [4.78, 5) is 42.1. The molecule has 2 N–H and O–H groups in total. The number of hydrogen-bond acceptors (Lipinski definition) is 6. The number of ether oxygens (including phenoxy) is 1. The van der Waals surface area contributed by atoms with E-state index in [0.29, 0.717) is 13.0 Å². The highest BCUT2D eigenvalue weighted by Gasteiger charge is 2.34. The number of oxazole rings is 1. The van der Waals surface area contributed by atoms with Gasteiger partial charge in [0.05, 0.1) is 13.0 Å². The molecule has 2 heterocycles. The van der Waals surface area contributed by atoms with Crippen LogP contribution in [0.25, 0.3) is 11.1 Å². The zero-order valence-electron chi connectivity index (χ0n) is 19.0. The molecule has 1 fully saturated rings. The van der Waals surface area contributed by atoms with Crippen LogP contribution < -0.4 is 5.32 Å². The Bertz CT molecular complexity index is 1220. The number of nitrogens with one attached hydrogen (secondary N) is 1. The second-order valence-electron chi connectivity index (χ2n) is 8.70. The van der Waals surface area contributed by atoms with E-state index in [2.05, 4.69) is 22.4 Å². The van der Waals surface area contributed by atoms with Crippen molar-refractivity contribution in [3.05, 3.63) is 77.5 Å². The third kappa shape index (κ3) is 4.49. The van der Waals surface area contributed by atoms with E-state index in [9.17, 15) is 14.4 Å². The highest BCUT2D eigenvalue weighted by Crippen LogP contribution is 2.44. The summed E-state index contributed by atoms with van der Waals surface area (Å²) in [6.07, 6.45) is 1.76. The van der Waals surface area contributed by atoms with Gasteiger partial charge in [-0.05, 0) is 35.1 Å². The van der Waals surface area contributed by atoms with Crippen molar-refractivity contribution in [3.8, 4) is 11.1 Å². The number of nitrogens with zero attached hydrogens (tertiary/aromatic N) is 2. The molecule has 1 saturated heterocycles. The number of carbonyl (C=O) groups excluding carboxylic acids is 2. The average molecular weight is 476 g/mol. The number of benzene rings is 2. The maximum Gasteiger partial charge on any atom is 0.407 e. The van der Waals surface area contributed by atoms with Crippen molar-refractivity contribution in [1.82, 2.24) is 15.2 Å². The van der Waals surface area contributed by atoms with Crippen LogP contribution in [-0.4, -0.2) is 52.2 Å². The van der Waals surface area contributed by atoms with E-state index in [4.69, 9.17) is 14.3 Å². The second-order valence-corrected chi connectivity index (χ2v) is 8.70. The number of carboxylic acids is 1. The first-order chi connectivity index (χ1) is 17.0. The first-order valence-electron chi connectivity index (χ1n) is 11.6. The lowest BCUT2D eigenvalue weighted by Crippen LogP contribution is -2.37. The van der Waals surface area contributed by atoms with Gasteiger partial charge in [0.1, 0.15) is 6.61 Å². The summed E-state index contributed by atoms with van der Waals surface area (Å²) in [5.74, 6) is -1.21. The van der Waals surface area contributed by atoms with Crippen LogP contribution in [-0.2, 0) is 16.1 Å². The molecule has 1 aliphatic carbocycles. The monoisotopic (exact) mass is 475 g/mol. The van der Waals surface area contributed by atoms with Gasteiger partial charge < -0.3 is 24.5 Å². The van der Waals surface area contributed by atoms with Crippen molar-refractivity contribution in [2.24, 2.45) is 0 Å². The predicted octanol–water partition coefficient (Wildman–Crippen LogP) is 3.79. The molecule has 2 aliphatic rings. The fourth-order valence-electron chi connectivity index (χ4n) is 5.03. The quantitative estimate of drug-likeness (QED) is 0.533. The Kier molecular flexibility index (Phi) is 6.22. The number of carboxylic acid groups (broad SMARTS) is 1. The molecule has 1 aliphatic heterocycles. The lowest BCUT2D eigenvalue weighted by Gasteiger charge is -2.22. The third-order valence-electron chi connectivity index (χ3n) is 6.63. The van der Waals surface area contributed by atoms with Crippen LogP contribution in [0.4, 0.5) is 4.79 Å². The number of alkyl carbamates (subject to hydrolysis) is 1. The van der Waals surface area contributed by atoms with Crippen LogP contribution in [0.3, 0.4) is 0 Å². The molecule has 1 aromatic heterocycles. The molecule has 0 bridgehead atoms. The van der Waals surface area contributed by atoms with E-state index in [1.54, 1.807) is 0 Å². The maximum absolute atomic E-state index is 13.0. The molecule has 5 rings (SSSR count). The summed E-state index contributed by atoms with van der Waals surface area (Å²) in [5.41, 5.74) is 4.59. The molecule has 9 heteroatoms. The molecule has 3 aromatic rings. The van der Waals surface area contributed by atoms with Crippen molar-refractivity contribution in [1.29, 1.82) is 0 Å². The number of likely N-dealkylation sites (tertiary alicyclic amines) is 1. The summed E-state index contributed by atoms with van der Waals surface area (Å²) in [7, 11) is 0. The fraction of sp³-hybridized carbons (Fsp3) is 0.308. The molecule has 0 spiro atoms. The standard InChI is InChI=1S/C26H25N3O6/c30-23(31)12-16-6-5-11-29(16)25(32)24-22(35-15-28-24)13-27-26(33)34-14-21-19-9-3-1-7-17(19)18-8-2-4-10-20(18)21/h1-4,7-10,15-16,21H,5-6,11-14H2,(H,27,33)(H,30,31)/t16-/m0/s1. The van der Waals surface area contributed by atoms with E-state index in [0.717, 1.165) is 35.1 Å². The van der Waals surface area contributed by atoms with Crippen molar-refractivity contribution >= 4 is 18.0 Å². The highest BCUT2D eigenvalue weighted by atomic mass is 16.5. The van der Waals surface area contributed by atoms with Crippen molar-refractivity contribution in [2.75, 3.05) is 13.2 Å². The molecule has 2 aromatic carbocycles. The molecule has 0 unspecified atom stereocenters. The minimum atomic E-state index is -0.952. The van der Waals surface area contributed by atoms with Crippen molar-refractivity contribution in [3.63, 3.8) is 0 Å². The van der Waals surface area contributed by atoms with Crippen molar-refractivity contribution in [2.45, 2.75) is 37.8 Å². The molecule has 2 amide bonds. The van der Waals surface area contributed by atoms with Gasteiger partial charge in [-0.15, -0.1) is 0 Å². The summed E-state index contributed by atoms with van der Waals surface area (Å²) in [6, 6.07) is 15.8. The van der Waals surface area contributed by atoms with Gasteiger partial charge >= 0.3 is 12.1 Å². The summed E-state index contributed by atoms with van der Waals surface area (Å²) >= 11 is 0. The SMILES string of the molecule is O=C(O)C[C@@H]1CCCN1C(=O)c1ncoc1CNC(=O)OCC1c2ccccc2-c2ccccc21. The minimum absolute atomic E-state index is 0.0584. The Balaban J connectivity index is 1.20. The maximum atomic E-state index is 13.0. The topological polar surface area (TPSA) is 122 Å². The van der Waals surface area contributed by atoms with Crippen LogP contribution >= 0.6 is 0 Å². The van der Waals surface area contributed by atoms with Gasteiger partial charge in [0, 0.05) is 18.5 Å². The van der Waals surface area contributed by atoms with E-state index in [1.165, 1.54) is 4.90 Å². The molecule has 35 heavy (non-hydrogen) atoms. The van der Waals surface area contributed by atoms with E-state index < -0.39 is 18.0 Å². The summed E-state index contributed by atoms with van der Waals surface area (Å²) in [6.45, 7) is 0.560. The molecule has 0 saturated carbocycles. The number of aliphatic carboxylic acids is 1. The van der Waals surface area contributed by atoms with Crippen LogP contribution in [0.1, 0.15) is 52.6 Å². The van der Waals surface area contributed by atoms with E-state index >= 15 is 0 Å². The molecule has 1 atom stereocenters. The number of aromatic nitrogens is 1. The molecule has 180 valence electrons. The molecular formula is C26H25N3O6. The lowest BCUT2D eigenvalue weighted by atomic mass is 9.98. The van der Waals surface area contributed by atoms with Gasteiger partial charge in [0.25, 0.3) is 5.91 Å². The Morgan fingerprint density at radius 3 is 2.46 bits per heavy atom. The largest absolute Gasteiger partial charge is 0.481 e. The lowest BCUT2D eigenvalue weighted by molar-refractivity contribution is -0.137. The number of amides is 2. The van der Waals surface area contributed by atoms with Crippen molar-refractivity contribution < 1.29 is 28.6 Å². The summed E-state index contributed by atoms with van der Waals surface area (Å²) < 4.78 is 10.9. The fourth-order valence-corrected chi connectivity index (χ4v) is 5.03. The van der Waals surface area contributed by atoms with Crippen LogP contribution in [0, 0.1) is 0 Å². The first-order valence-corrected chi connectivity index (χ1v) is 11.6. The van der Waals surface area contributed by atoms with Gasteiger partial charge in [0.2, 0.25) is 0 Å². The molecule has 9 nitrogen and oxygen atoms in total. The van der Waals surface area contributed by atoms with Crippen LogP contribution in [0.15, 0.2) is 59.3 Å². The zero-order chi connectivity index (χ0) is 24.4. The van der Waals surface area contributed by atoms with Gasteiger partial charge in [-0.1, -0.05) is 48.5 Å². The van der Waals surface area contributed by atoms with E-state index in [-0.39, 0.29) is 43.0 Å². The normalized spacial score (nSPS) is 16.6. The Morgan fingerprint density at radius 1 is 1.09 bits per heavy atom. The molecule has 0 radical (unpaired) electrons. The average Bonchev–Trinajstić information content (AvgIpc) is 3.58. The Hall–Kier alpha value is -4.14. The van der Waals surface area contributed by atoms with Gasteiger partial charge in [-0.3, -0.25) is 9.59 Å².